The molecule has 36 heavy (non-hydrogen) atoms. The number of hydrogen-bond donors (Lipinski definition) is 2. The molecule has 11 nitrogen and oxygen atoms in total. The van der Waals surface area contributed by atoms with Gasteiger partial charge in [-0.25, -0.2) is 4.39 Å². The standard InChI is InChI=1S/C23H25FN6O5S/c1-12-7-14(5-6-15(12)24)25-20(31)18-19-16(8-29(18)4)36(33)28-17-9-30(10-23(17,3)11-34-19)22(32)21-27-26-13(2)35-21/h5-8,17,28H,9-11H2,1-4H3,(H,25,31). The lowest BCUT2D eigenvalue weighted by Gasteiger charge is -2.32. The van der Waals surface area contributed by atoms with Crippen LogP contribution in [0.5, 0.6) is 5.75 Å². The Hall–Kier alpha value is -3.42. The average Bonchev–Trinajstić information content (AvgIpc) is 3.49. The maximum Gasteiger partial charge on any atom is 0.311 e. The molecule has 3 atom stereocenters. The van der Waals surface area contributed by atoms with Crippen molar-refractivity contribution in [2.75, 3.05) is 25.0 Å². The summed E-state index contributed by atoms with van der Waals surface area (Å²) in [5.41, 5.74) is 0.380. The van der Waals surface area contributed by atoms with Gasteiger partial charge in [0.15, 0.2) is 5.69 Å². The van der Waals surface area contributed by atoms with Gasteiger partial charge in [-0.2, -0.15) is 0 Å². The Morgan fingerprint density at radius 1 is 1.33 bits per heavy atom. The van der Waals surface area contributed by atoms with Crippen molar-refractivity contribution >= 4 is 28.9 Å². The van der Waals surface area contributed by atoms with Gasteiger partial charge in [0.2, 0.25) is 16.5 Å². The summed E-state index contributed by atoms with van der Waals surface area (Å²) in [5, 5.41) is 10.3. The summed E-state index contributed by atoms with van der Waals surface area (Å²) in [6, 6.07) is 3.92. The van der Waals surface area contributed by atoms with Gasteiger partial charge in [0.1, 0.15) is 5.82 Å². The minimum atomic E-state index is -1.72. The van der Waals surface area contributed by atoms with Gasteiger partial charge in [0, 0.05) is 38.2 Å². The summed E-state index contributed by atoms with van der Waals surface area (Å²) in [7, 11) is 1.66. The number of aryl methyl sites for hydroxylation is 3. The summed E-state index contributed by atoms with van der Waals surface area (Å²) in [6.07, 6.45) is 1.57. The van der Waals surface area contributed by atoms with Crippen LogP contribution in [0.3, 0.4) is 0 Å². The van der Waals surface area contributed by atoms with Crippen LogP contribution in [-0.2, 0) is 18.4 Å². The Bertz CT molecular complexity index is 1360. The first-order valence-corrected chi connectivity index (χ1v) is 12.4. The van der Waals surface area contributed by atoms with E-state index in [0.717, 1.165) is 0 Å². The number of benzene rings is 1. The molecule has 0 spiro atoms. The third-order valence-electron chi connectivity index (χ3n) is 6.52. The summed E-state index contributed by atoms with van der Waals surface area (Å²) in [5.74, 6) is -0.899. The zero-order valence-electron chi connectivity index (χ0n) is 20.1. The Balaban J connectivity index is 1.39. The van der Waals surface area contributed by atoms with Crippen molar-refractivity contribution in [3.05, 3.63) is 53.3 Å². The molecule has 2 aliphatic rings. The van der Waals surface area contributed by atoms with Gasteiger partial charge in [-0.1, -0.05) is 6.92 Å². The molecule has 5 rings (SSSR count). The number of nitrogens with zero attached hydrogens (tertiary/aromatic N) is 4. The van der Waals surface area contributed by atoms with Gasteiger partial charge in [-0.3, -0.25) is 9.59 Å². The van der Waals surface area contributed by atoms with Crippen LogP contribution in [0.4, 0.5) is 10.1 Å². The van der Waals surface area contributed by atoms with Crippen LogP contribution in [0, 0.1) is 25.1 Å². The normalized spacial score (nSPS) is 23.3. The number of aromatic nitrogens is 3. The lowest BCUT2D eigenvalue weighted by Crippen LogP contribution is -2.49. The van der Waals surface area contributed by atoms with Gasteiger partial charge in [-0.05, 0) is 30.7 Å². The smallest absolute Gasteiger partial charge is 0.311 e. The Morgan fingerprint density at radius 3 is 2.81 bits per heavy atom. The maximum absolute atomic E-state index is 13.6. The predicted molar refractivity (Wildman–Crippen MR) is 126 cm³/mol. The molecule has 2 aliphatic heterocycles. The molecule has 2 aromatic heterocycles. The number of rotatable bonds is 3. The van der Waals surface area contributed by atoms with Crippen molar-refractivity contribution in [2.24, 2.45) is 12.5 Å². The van der Waals surface area contributed by atoms with Gasteiger partial charge >= 0.3 is 11.8 Å². The fourth-order valence-corrected chi connectivity index (χ4v) is 5.83. The number of nitrogens with one attached hydrogen (secondary N) is 2. The summed E-state index contributed by atoms with van der Waals surface area (Å²) in [6.45, 7) is 5.84. The van der Waals surface area contributed by atoms with E-state index in [1.807, 2.05) is 6.92 Å². The number of carbonyl (C=O) groups is 2. The highest BCUT2D eigenvalue weighted by atomic mass is 32.2. The van der Waals surface area contributed by atoms with E-state index in [0.29, 0.717) is 22.7 Å². The summed E-state index contributed by atoms with van der Waals surface area (Å²) >= 11 is -1.72. The van der Waals surface area contributed by atoms with Crippen molar-refractivity contribution in [1.82, 2.24) is 24.4 Å². The van der Waals surface area contributed by atoms with E-state index in [1.165, 1.54) is 18.2 Å². The van der Waals surface area contributed by atoms with Gasteiger partial charge in [0.05, 0.1) is 30.2 Å². The van der Waals surface area contributed by atoms with Crippen LogP contribution in [0.15, 0.2) is 33.7 Å². The lowest BCUT2D eigenvalue weighted by molar-refractivity contribution is 0.0717. The number of ether oxygens (including phenoxy) is 1. The van der Waals surface area contributed by atoms with Crippen molar-refractivity contribution < 1.29 is 27.7 Å². The van der Waals surface area contributed by atoms with E-state index in [4.69, 9.17) is 9.15 Å². The molecule has 3 aromatic rings. The zero-order chi connectivity index (χ0) is 25.8. The topological polar surface area (TPSA) is 138 Å². The van der Waals surface area contributed by atoms with Crippen LogP contribution in [0.2, 0.25) is 0 Å². The van der Waals surface area contributed by atoms with Gasteiger partial charge in [-0.15, -0.1) is 14.9 Å². The largest absolute Gasteiger partial charge is 0.593 e. The fraction of sp³-hybridized carbons (Fsp3) is 0.391. The second-order valence-corrected chi connectivity index (χ2v) is 10.6. The number of hydrogen-bond acceptors (Lipinski definition) is 8. The Morgan fingerprint density at radius 2 is 2.11 bits per heavy atom. The third-order valence-corrected chi connectivity index (χ3v) is 7.71. The average molecular weight is 517 g/mol. The van der Waals surface area contributed by atoms with E-state index >= 15 is 0 Å². The number of anilines is 1. The quantitative estimate of drug-likeness (QED) is 0.504. The molecule has 1 saturated heterocycles. The molecule has 0 radical (unpaired) electrons. The van der Waals surface area contributed by atoms with Crippen LogP contribution in [0.1, 0.15) is 39.6 Å². The zero-order valence-corrected chi connectivity index (χ0v) is 20.9. The second-order valence-electron chi connectivity index (χ2n) is 9.39. The lowest BCUT2D eigenvalue weighted by atomic mass is 9.87. The van der Waals surface area contributed by atoms with E-state index in [2.05, 4.69) is 20.2 Å². The number of halogens is 1. The van der Waals surface area contributed by atoms with E-state index in [9.17, 15) is 18.5 Å². The first kappa shape index (κ1) is 24.3. The van der Waals surface area contributed by atoms with Crippen LogP contribution >= 0.6 is 0 Å². The van der Waals surface area contributed by atoms with Crippen molar-refractivity contribution in [1.29, 1.82) is 0 Å². The minimum absolute atomic E-state index is 0.105. The number of carbonyl (C=O) groups excluding carboxylic acids is 2. The SMILES string of the molecule is Cc1nnc(C(=O)N2CC3N[S+]([O-])c4cn(C)c(C(=O)Nc5ccc(F)c(C)c5)c4OCC3(C)C2)o1. The minimum Gasteiger partial charge on any atom is -0.593 e. The Labute approximate surface area is 209 Å². The first-order valence-electron chi connectivity index (χ1n) is 11.2. The first-order chi connectivity index (χ1) is 17.1. The fourth-order valence-electron chi connectivity index (χ4n) is 4.50. The highest BCUT2D eigenvalue weighted by molar-refractivity contribution is 7.89. The number of fused-ring (bicyclic) bond motifs is 2. The third kappa shape index (κ3) is 4.22. The van der Waals surface area contributed by atoms with E-state index < -0.39 is 28.6 Å². The van der Waals surface area contributed by atoms with E-state index in [-0.39, 0.29) is 48.2 Å². The molecule has 2 N–H and O–H groups in total. The molecular formula is C23H25FN6O5S. The molecule has 4 heterocycles. The second kappa shape index (κ2) is 8.91. The van der Waals surface area contributed by atoms with Gasteiger partial charge < -0.3 is 28.5 Å². The molecule has 0 aliphatic carbocycles. The number of amides is 2. The van der Waals surface area contributed by atoms with Crippen LogP contribution in [-0.4, -0.2) is 61.8 Å². The molecule has 1 aromatic carbocycles. The number of likely N-dealkylation sites (tertiary alicyclic amines) is 1. The molecule has 0 bridgehead atoms. The van der Waals surface area contributed by atoms with Crippen molar-refractivity contribution in [3.63, 3.8) is 0 Å². The molecule has 3 unspecified atom stereocenters. The monoisotopic (exact) mass is 516 g/mol. The molecule has 190 valence electrons. The predicted octanol–water partition coefficient (Wildman–Crippen LogP) is 1.95. The van der Waals surface area contributed by atoms with Crippen LogP contribution in [0.25, 0.3) is 0 Å². The maximum atomic E-state index is 13.6. The van der Waals surface area contributed by atoms with Gasteiger partial charge in [0.25, 0.3) is 5.91 Å². The summed E-state index contributed by atoms with van der Waals surface area (Å²) < 4.78 is 43.0. The molecule has 2 amide bonds. The molecule has 13 heteroatoms. The molecule has 1 fully saturated rings. The van der Waals surface area contributed by atoms with E-state index in [1.54, 1.807) is 36.6 Å². The molecular weight excluding hydrogens is 491 g/mol. The van der Waals surface area contributed by atoms with Crippen molar-refractivity contribution in [3.8, 4) is 5.75 Å². The highest BCUT2D eigenvalue weighted by Gasteiger charge is 2.50. The van der Waals surface area contributed by atoms with Crippen molar-refractivity contribution in [2.45, 2.75) is 31.7 Å². The summed E-state index contributed by atoms with van der Waals surface area (Å²) in [4.78, 5) is 27.9. The van der Waals surface area contributed by atoms with Crippen LogP contribution < -0.4 is 14.8 Å². The molecule has 0 saturated carbocycles. The Kier molecular flexibility index (Phi) is 6.01. The highest BCUT2D eigenvalue weighted by Crippen LogP contribution is 2.39.